The zero-order chi connectivity index (χ0) is 13.1. The maximum atomic E-state index is 5.60. The van der Waals surface area contributed by atoms with Crippen LogP contribution in [0.5, 0.6) is 0 Å². The molecular weight excluding hydrogens is 232 g/mol. The van der Waals surface area contributed by atoms with Gasteiger partial charge in [0.2, 0.25) is 0 Å². The minimum absolute atomic E-state index is 0.444. The average molecular weight is 254 g/mol. The van der Waals surface area contributed by atoms with Gasteiger partial charge >= 0.3 is 0 Å². The van der Waals surface area contributed by atoms with Gasteiger partial charge in [0.15, 0.2) is 0 Å². The summed E-state index contributed by atoms with van der Waals surface area (Å²) in [6.07, 6.45) is 2.62. The lowest BCUT2D eigenvalue weighted by molar-refractivity contribution is 0.0482. The monoisotopic (exact) mass is 254 g/mol. The first-order valence-corrected chi connectivity index (χ1v) is 6.15. The molecule has 0 radical (unpaired) electrons. The largest absolute Gasteiger partial charge is 0.382 e. The van der Waals surface area contributed by atoms with E-state index in [2.05, 4.69) is 4.98 Å². The van der Waals surface area contributed by atoms with Gasteiger partial charge in [0.25, 0.3) is 0 Å². The van der Waals surface area contributed by atoms with Crippen LogP contribution in [-0.2, 0) is 27.4 Å². The summed E-state index contributed by atoms with van der Waals surface area (Å²) in [6, 6.07) is 3.88. The number of rotatable bonds is 10. The summed E-state index contributed by atoms with van der Waals surface area (Å²) >= 11 is 0. The van der Waals surface area contributed by atoms with Crippen LogP contribution < -0.4 is 5.73 Å². The van der Waals surface area contributed by atoms with E-state index >= 15 is 0 Å². The van der Waals surface area contributed by atoms with Crippen molar-refractivity contribution in [3.8, 4) is 0 Å². The highest BCUT2D eigenvalue weighted by molar-refractivity contribution is 5.18. The Balaban J connectivity index is 2.07. The van der Waals surface area contributed by atoms with Gasteiger partial charge in [-0.15, -0.1) is 0 Å². The maximum Gasteiger partial charge on any atom is 0.0735 e. The van der Waals surface area contributed by atoms with E-state index in [1.807, 2.05) is 12.1 Å². The van der Waals surface area contributed by atoms with Gasteiger partial charge in [-0.05, 0) is 12.5 Å². The third kappa shape index (κ3) is 6.07. The fourth-order valence-corrected chi connectivity index (χ4v) is 1.48. The van der Waals surface area contributed by atoms with E-state index in [4.69, 9.17) is 19.9 Å². The van der Waals surface area contributed by atoms with Gasteiger partial charge in [-0.25, -0.2) is 0 Å². The number of nitrogens with zero attached hydrogens (tertiary/aromatic N) is 1. The lowest BCUT2D eigenvalue weighted by atomic mass is 10.2. The Morgan fingerprint density at radius 3 is 2.78 bits per heavy atom. The van der Waals surface area contributed by atoms with Crippen molar-refractivity contribution in [3.63, 3.8) is 0 Å². The van der Waals surface area contributed by atoms with Crippen molar-refractivity contribution in [2.24, 2.45) is 5.73 Å². The molecule has 0 amide bonds. The SMILES string of the molecule is COCCOCCCOCc1cccnc1CN. The van der Waals surface area contributed by atoms with Crippen LogP contribution in [0.2, 0.25) is 0 Å². The molecule has 0 saturated carbocycles. The molecule has 0 saturated heterocycles. The second-order valence-electron chi connectivity index (χ2n) is 3.82. The third-order valence-electron chi connectivity index (χ3n) is 2.44. The molecule has 5 nitrogen and oxygen atoms in total. The normalized spacial score (nSPS) is 10.8. The topological polar surface area (TPSA) is 66.6 Å². The first kappa shape index (κ1) is 15.0. The summed E-state index contributed by atoms with van der Waals surface area (Å²) < 4.78 is 15.8. The van der Waals surface area contributed by atoms with Crippen LogP contribution in [0.3, 0.4) is 0 Å². The van der Waals surface area contributed by atoms with E-state index in [1.54, 1.807) is 13.3 Å². The molecule has 5 heteroatoms. The van der Waals surface area contributed by atoms with Gasteiger partial charge in [0.05, 0.1) is 25.5 Å². The van der Waals surface area contributed by atoms with Crippen LogP contribution in [0.15, 0.2) is 18.3 Å². The molecule has 1 rings (SSSR count). The van der Waals surface area contributed by atoms with Gasteiger partial charge in [-0.3, -0.25) is 4.98 Å². The van der Waals surface area contributed by atoms with Crippen LogP contribution in [0, 0.1) is 0 Å². The first-order chi connectivity index (χ1) is 8.88. The lowest BCUT2D eigenvalue weighted by Gasteiger charge is -2.08. The molecule has 0 aliphatic carbocycles. The van der Waals surface area contributed by atoms with E-state index in [0.29, 0.717) is 39.6 Å². The van der Waals surface area contributed by atoms with Crippen LogP contribution in [0.1, 0.15) is 17.7 Å². The van der Waals surface area contributed by atoms with Crippen molar-refractivity contribution in [1.29, 1.82) is 0 Å². The van der Waals surface area contributed by atoms with E-state index < -0.39 is 0 Å². The van der Waals surface area contributed by atoms with Gasteiger partial charge in [0.1, 0.15) is 0 Å². The Labute approximate surface area is 108 Å². The Morgan fingerprint density at radius 1 is 1.17 bits per heavy atom. The molecule has 0 spiro atoms. The lowest BCUT2D eigenvalue weighted by Crippen LogP contribution is -2.08. The van der Waals surface area contributed by atoms with Crippen molar-refractivity contribution < 1.29 is 14.2 Å². The predicted molar refractivity (Wildman–Crippen MR) is 69.1 cm³/mol. The minimum atomic E-state index is 0.444. The molecule has 1 aromatic heterocycles. The number of hydrogen-bond acceptors (Lipinski definition) is 5. The molecule has 0 atom stereocenters. The van der Waals surface area contributed by atoms with E-state index in [-0.39, 0.29) is 0 Å². The molecule has 18 heavy (non-hydrogen) atoms. The molecule has 1 heterocycles. The van der Waals surface area contributed by atoms with Crippen molar-refractivity contribution in [1.82, 2.24) is 4.98 Å². The van der Waals surface area contributed by atoms with Crippen molar-refractivity contribution in [2.45, 2.75) is 19.6 Å². The van der Waals surface area contributed by atoms with Gasteiger partial charge in [0, 0.05) is 38.6 Å². The Hall–Kier alpha value is -1.01. The highest BCUT2D eigenvalue weighted by atomic mass is 16.5. The molecule has 1 aromatic rings. The molecule has 102 valence electrons. The first-order valence-electron chi connectivity index (χ1n) is 6.15. The Morgan fingerprint density at radius 2 is 2.00 bits per heavy atom. The number of pyridine rings is 1. The molecule has 0 aromatic carbocycles. The summed E-state index contributed by atoms with van der Waals surface area (Å²) in [5.41, 5.74) is 7.55. The van der Waals surface area contributed by atoms with Crippen LogP contribution in [0.25, 0.3) is 0 Å². The zero-order valence-electron chi connectivity index (χ0n) is 10.9. The number of hydrogen-bond donors (Lipinski definition) is 1. The van der Waals surface area contributed by atoms with Crippen molar-refractivity contribution in [2.75, 3.05) is 33.5 Å². The summed E-state index contributed by atoms with van der Waals surface area (Å²) in [6.45, 7) is 3.64. The fraction of sp³-hybridized carbons (Fsp3) is 0.615. The average Bonchev–Trinajstić information content (AvgIpc) is 2.42. The second-order valence-corrected chi connectivity index (χ2v) is 3.82. The second kappa shape index (κ2) is 9.96. The minimum Gasteiger partial charge on any atom is -0.382 e. The zero-order valence-corrected chi connectivity index (χ0v) is 10.9. The summed E-state index contributed by atoms with van der Waals surface area (Å²) in [5.74, 6) is 0. The highest BCUT2D eigenvalue weighted by Crippen LogP contribution is 2.06. The number of ether oxygens (including phenoxy) is 3. The fourth-order valence-electron chi connectivity index (χ4n) is 1.48. The molecule has 2 N–H and O–H groups in total. The summed E-state index contributed by atoms with van der Waals surface area (Å²) in [5, 5.41) is 0. The van der Waals surface area contributed by atoms with Gasteiger partial charge in [-0.1, -0.05) is 6.07 Å². The van der Waals surface area contributed by atoms with Gasteiger partial charge < -0.3 is 19.9 Å². The van der Waals surface area contributed by atoms with Crippen LogP contribution >= 0.6 is 0 Å². The van der Waals surface area contributed by atoms with E-state index in [9.17, 15) is 0 Å². The molecule has 0 bridgehead atoms. The maximum absolute atomic E-state index is 5.60. The summed E-state index contributed by atoms with van der Waals surface area (Å²) in [4.78, 5) is 4.20. The van der Waals surface area contributed by atoms with Crippen molar-refractivity contribution in [3.05, 3.63) is 29.6 Å². The molecule has 0 unspecified atom stereocenters. The van der Waals surface area contributed by atoms with Gasteiger partial charge in [-0.2, -0.15) is 0 Å². The predicted octanol–water partition coefficient (Wildman–Crippen LogP) is 1.11. The third-order valence-corrected chi connectivity index (χ3v) is 2.44. The van der Waals surface area contributed by atoms with Crippen LogP contribution in [0.4, 0.5) is 0 Å². The Bertz CT molecular complexity index is 321. The highest BCUT2D eigenvalue weighted by Gasteiger charge is 2.01. The standard InChI is InChI=1S/C13H22N2O3/c1-16-8-9-17-6-3-7-18-11-12-4-2-5-15-13(12)10-14/h2,4-5H,3,6-11,14H2,1H3. The quantitative estimate of drug-likeness (QED) is 0.634. The van der Waals surface area contributed by atoms with Crippen molar-refractivity contribution >= 4 is 0 Å². The number of aromatic nitrogens is 1. The molecule has 0 fully saturated rings. The van der Waals surface area contributed by atoms with E-state index in [0.717, 1.165) is 17.7 Å². The molecule has 0 aliphatic heterocycles. The summed E-state index contributed by atoms with van der Waals surface area (Å²) in [7, 11) is 1.66. The molecule has 0 aliphatic rings. The Kier molecular flexibility index (Phi) is 8.33. The smallest absolute Gasteiger partial charge is 0.0735 e. The number of nitrogens with two attached hydrogens (primary N) is 1. The van der Waals surface area contributed by atoms with E-state index in [1.165, 1.54) is 0 Å². The van der Waals surface area contributed by atoms with Crippen LogP contribution in [-0.4, -0.2) is 38.5 Å². The molecular formula is C13H22N2O3. The number of methoxy groups -OCH3 is 1.